The second kappa shape index (κ2) is 4.37. The molecule has 0 aromatic carbocycles. The normalized spacial score (nSPS) is 19.6. The van der Waals surface area contributed by atoms with E-state index in [1.807, 2.05) is 0 Å². The number of fused-ring (bicyclic) bond motifs is 1. The summed E-state index contributed by atoms with van der Waals surface area (Å²) in [6.45, 7) is 0. The van der Waals surface area contributed by atoms with E-state index in [2.05, 4.69) is 0 Å². The van der Waals surface area contributed by atoms with Crippen LogP contribution in [0.3, 0.4) is 0 Å². The maximum absolute atomic E-state index is 10.1. The first kappa shape index (κ1) is 11.1. The second-order valence-electron chi connectivity index (χ2n) is 4.95. The third kappa shape index (κ3) is 1.97. The van der Waals surface area contributed by atoms with Crippen molar-refractivity contribution in [1.29, 1.82) is 0 Å². The van der Waals surface area contributed by atoms with Crippen LogP contribution < -0.4 is 9.47 Å². The Morgan fingerprint density at radius 3 is 2.76 bits per heavy atom. The number of pyridine rings is 1. The molecule has 0 atom stereocenters. The van der Waals surface area contributed by atoms with Gasteiger partial charge in [0, 0.05) is 16.7 Å². The number of rotatable bonds is 2. The Bertz CT molecular complexity index is 442. The number of ether oxygens (including phenoxy) is 1. The highest BCUT2D eigenvalue weighted by Gasteiger charge is 2.31. The van der Waals surface area contributed by atoms with Crippen molar-refractivity contribution in [3.8, 4) is 5.88 Å². The van der Waals surface area contributed by atoms with Gasteiger partial charge in [0.15, 0.2) is 0 Å². The van der Waals surface area contributed by atoms with Crippen molar-refractivity contribution in [2.75, 3.05) is 0 Å². The van der Waals surface area contributed by atoms with Crippen LogP contribution in [0, 0.1) is 0 Å². The van der Waals surface area contributed by atoms with Gasteiger partial charge in [-0.2, -0.15) is 0 Å². The summed E-state index contributed by atoms with van der Waals surface area (Å²) in [5.41, 5.74) is 2.00. The average molecular weight is 255 g/mol. The molecule has 0 saturated heterocycles. The van der Waals surface area contributed by atoms with Crippen LogP contribution in [0.5, 0.6) is 5.88 Å². The van der Waals surface area contributed by atoms with Crippen molar-refractivity contribution in [2.45, 2.75) is 51.0 Å². The minimum Gasteiger partial charge on any atom is -0.438 e. The lowest BCUT2D eigenvalue weighted by Gasteiger charge is -2.10. The average Bonchev–Trinajstić information content (AvgIpc) is 2.96. The second-order valence-corrected chi connectivity index (χ2v) is 5.35. The predicted molar refractivity (Wildman–Crippen MR) is 63.7 cm³/mol. The molecular weight excluding hydrogens is 238 g/mol. The van der Waals surface area contributed by atoms with Gasteiger partial charge in [-0.3, -0.25) is 5.21 Å². The molecule has 1 fully saturated rings. The minimum atomic E-state index is 0.240. The summed E-state index contributed by atoms with van der Waals surface area (Å²) in [5.74, 6) is 0.502. The monoisotopic (exact) mass is 254 g/mol. The summed E-state index contributed by atoms with van der Waals surface area (Å²) in [6.07, 6.45) is 7.73. The van der Waals surface area contributed by atoms with Gasteiger partial charge in [0.25, 0.3) is 0 Å². The van der Waals surface area contributed by atoms with Gasteiger partial charge in [-0.05, 0) is 38.5 Å². The lowest BCUT2D eigenvalue weighted by Crippen LogP contribution is -2.38. The number of hydrogen-bond acceptors (Lipinski definition) is 2. The summed E-state index contributed by atoms with van der Waals surface area (Å²) in [7, 11) is 0. The fourth-order valence-electron chi connectivity index (χ4n) is 2.87. The van der Waals surface area contributed by atoms with Crippen molar-refractivity contribution in [3.63, 3.8) is 0 Å². The van der Waals surface area contributed by atoms with E-state index in [-0.39, 0.29) is 6.10 Å². The van der Waals surface area contributed by atoms with Gasteiger partial charge in [0.05, 0.1) is 11.1 Å². The van der Waals surface area contributed by atoms with Gasteiger partial charge >= 0.3 is 5.88 Å². The highest BCUT2D eigenvalue weighted by molar-refractivity contribution is 6.31. The van der Waals surface area contributed by atoms with Crippen LogP contribution in [0.15, 0.2) is 6.07 Å². The lowest BCUT2D eigenvalue weighted by molar-refractivity contribution is -0.911. The van der Waals surface area contributed by atoms with Crippen LogP contribution in [0.2, 0.25) is 5.02 Å². The van der Waals surface area contributed by atoms with E-state index in [1.165, 1.54) is 17.6 Å². The van der Waals surface area contributed by atoms with E-state index in [4.69, 9.17) is 16.3 Å². The maximum Gasteiger partial charge on any atom is 0.418 e. The molecule has 1 aromatic rings. The van der Waals surface area contributed by atoms with Gasteiger partial charge in [-0.1, -0.05) is 11.6 Å². The molecule has 0 spiro atoms. The van der Waals surface area contributed by atoms with Crippen molar-refractivity contribution < 1.29 is 14.7 Å². The lowest BCUT2D eigenvalue weighted by atomic mass is 10.2. The third-order valence-electron chi connectivity index (χ3n) is 3.78. The largest absolute Gasteiger partial charge is 0.438 e. The smallest absolute Gasteiger partial charge is 0.418 e. The van der Waals surface area contributed by atoms with E-state index in [0.29, 0.717) is 5.88 Å². The Labute approximate surface area is 106 Å². The SMILES string of the molecule is O[n+]1c(OC2CCCC2)cc(Cl)c2c1CCC2. The zero-order valence-corrected chi connectivity index (χ0v) is 10.5. The first-order valence-electron chi connectivity index (χ1n) is 6.38. The Balaban J connectivity index is 1.91. The van der Waals surface area contributed by atoms with Crippen LogP contribution in [-0.2, 0) is 12.8 Å². The summed E-state index contributed by atoms with van der Waals surface area (Å²) in [6, 6.07) is 1.75. The predicted octanol–water partition coefficient (Wildman–Crippen LogP) is 2.67. The molecule has 4 heteroatoms. The van der Waals surface area contributed by atoms with Crippen LogP contribution in [-0.4, -0.2) is 11.3 Å². The molecule has 3 rings (SSSR count). The molecule has 0 aliphatic heterocycles. The quantitative estimate of drug-likeness (QED) is 0.650. The standard InChI is InChI=1S/C13H17ClNO2/c14-11-8-13(17-9-4-1-2-5-9)15(16)12-7-3-6-10(11)12/h8-9,16H,1-7H2/q+1. The topological polar surface area (TPSA) is 33.3 Å². The van der Waals surface area contributed by atoms with E-state index < -0.39 is 0 Å². The van der Waals surface area contributed by atoms with E-state index >= 15 is 0 Å². The fourth-order valence-corrected chi connectivity index (χ4v) is 3.17. The Morgan fingerprint density at radius 2 is 2.00 bits per heavy atom. The van der Waals surface area contributed by atoms with Crippen LogP contribution in [0.25, 0.3) is 0 Å². The van der Waals surface area contributed by atoms with Crippen molar-refractivity contribution in [3.05, 3.63) is 22.3 Å². The summed E-state index contributed by atoms with van der Waals surface area (Å²) >= 11 is 6.23. The molecule has 0 radical (unpaired) electrons. The molecule has 0 unspecified atom stereocenters. The molecule has 0 amide bonds. The first-order chi connectivity index (χ1) is 8.25. The Hall–Kier alpha value is -0.960. The van der Waals surface area contributed by atoms with Crippen molar-refractivity contribution in [1.82, 2.24) is 0 Å². The summed E-state index contributed by atoms with van der Waals surface area (Å²) in [5, 5.41) is 10.9. The van der Waals surface area contributed by atoms with E-state index in [0.717, 1.165) is 48.4 Å². The summed E-state index contributed by atoms with van der Waals surface area (Å²) in [4.78, 5) is 0. The highest BCUT2D eigenvalue weighted by atomic mass is 35.5. The van der Waals surface area contributed by atoms with Crippen molar-refractivity contribution >= 4 is 11.6 Å². The van der Waals surface area contributed by atoms with Crippen LogP contribution in [0.1, 0.15) is 43.4 Å². The molecule has 1 N–H and O–H groups in total. The van der Waals surface area contributed by atoms with Gasteiger partial charge in [0.2, 0.25) is 5.69 Å². The van der Waals surface area contributed by atoms with E-state index in [9.17, 15) is 5.21 Å². The number of aromatic nitrogens is 1. The van der Waals surface area contributed by atoms with E-state index in [1.54, 1.807) is 6.07 Å². The maximum atomic E-state index is 10.1. The molecule has 3 nitrogen and oxygen atoms in total. The molecular formula is C13H17ClNO2+. The molecule has 1 aromatic heterocycles. The summed E-state index contributed by atoms with van der Waals surface area (Å²) < 4.78 is 7.04. The molecule has 17 heavy (non-hydrogen) atoms. The zero-order chi connectivity index (χ0) is 11.8. The minimum absolute atomic E-state index is 0.240. The Kier molecular flexibility index (Phi) is 2.87. The number of halogens is 1. The first-order valence-corrected chi connectivity index (χ1v) is 6.75. The molecule has 2 aliphatic carbocycles. The fraction of sp³-hybridized carbons (Fsp3) is 0.615. The third-order valence-corrected chi connectivity index (χ3v) is 4.12. The molecule has 1 heterocycles. The van der Waals surface area contributed by atoms with Gasteiger partial charge in [-0.25, -0.2) is 0 Å². The number of hydrogen-bond donors (Lipinski definition) is 1. The molecule has 92 valence electrons. The Morgan fingerprint density at radius 1 is 1.24 bits per heavy atom. The van der Waals surface area contributed by atoms with Crippen molar-refractivity contribution in [2.24, 2.45) is 0 Å². The molecule has 1 saturated carbocycles. The van der Waals surface area contributed by atoms with Gasteiger partial charge in [0.1, 0.15) is 6.10 Å². The van der Waals surface area contributed by atoms with Gasteiger partial charge < -0.3 is 4.74 Å². The van der Waals surface area contributed by atoms with Crippen LogP contribution in [0.4, 0.5) is 0 Å². The highest BCUT2D eigenvalue weighted by Crippen LogP contribution is 2.30. The van der Waals surface area contributed by atoms with Gasteiger partial charge in [-0.15, -0.1) is 0 Å². The zero-order valence-electron chi connectivity index (χ0n) is 9.79. The number of nitrogens with zero attached hydrogens (tertiary/aromatic N) is 1. The van der Waals surface area contributed by atoms with Crippen LogP contribution >= 0.6 is 11.6 Å². The molecule has 0 bridgehead atoms. The molecule has 2 aliphatic rings.